The molecule has 0 saturated carbocycles. The van der Waals surface area contributed by atoms with Crippen molar-refractivity contribution in [1.29, 1.82) is 0 Å². The van der Waals surface area contributed by atoms with Crippen LogP contribution in [0.25, 0.3) is 0 Å². The predicted octanol–water partition coefficient (Wildman–Crippen LogP) is 3.33. The zero-order chi connectivity index (χ0) is 17.5. The Bertz CT molecular complexity index is 539. The quantitative estimate of drug-likeness (QED) is 0.612. The summed E-state index contributed by atoms with van der Waals surface area (Å²) in [4.78, 5) is 14.8. The van der Waals surface area contributed by atoms with Gasteiger partial charge in [-0.2, -0.15) is 0 Å². The average molecular weight is 334 g/mol. The molecule has 1 saturated heterocycles. The van der Waals surface area contributed by atoms with Crippen LogP contribution in [0.5, 0.6) is 5.75 Å². The van der Waals surface area contributed by atoms with Gasteiger partial charge >= 0.3 is 5.97 Å². The molecule has 1 aromatic rings. The number of rotatable bonds is 7. The van der Waals surface area contributed by atoms with Crippen molar-refractivity contribution in [3.8, 4) is 5.75 Å². The average Bonchev–Trinajstić information content (AvgIpc) is 2.57. The van der Waals surface area contributed by atoms with Crippen molar-refractivity contribution in [2.45, 2.75) is 46.1 Å². The van der Waals surface area contributed by atoms with E-state index in [1.807, 2.05) is 6.92 Å². The van der Waals surface area contributed by atoms with Crippen LogP contribution in [0.15, 0.2) is 18.2 Å². The van der Waals surface area contributed by atoms with E-state index in [2.05, 4.69) is 18.7 Å². The second-order valence-corrected chi connectivity index (χ2v) is 6.69. The summed E-state index contributed by atoms with van der Waals surface area (Å²) >= 11 is 0. The molecular formula is C19H30N2O3. The van der Waals surface area contributed by atoms with Crippen molar-refractivity contribution in [2.24, 2.45) is 5.92 Å². The number of anilines is 1. The van der Waals surface area contributed by atoms with Crippen molar-refractivity contribution >= 4 is 11.7 Å². The van der Waals surface area contributed by atoms with Gasteiger partial charge in [0.2, 0.25) is 0 Å². The number of hydrogen-bond donors (Lipinski definition) is 1. The highest BCUT2D eigenvalue weighted by Gasteiger charge is 2.25. The summed E-state index contributed by atoms with van der Waals surface area (Å²) in [7, 11) is 0. The van der Waals surface area contributed by atoms with Gasteiger partial charge in [-0.3, -0.25) is 4.90 Å². The summed E-state index contributed by atoms with van der Waals surface area (Å²) in [6, 6.07) is 5.30. The molecule has 134 valence electrons. The topological polar surface area (TPSA) is 64.8 Å². The van der Waals surface area contributed by atoms with E-state index < -0.39 is 0 Å². The van der Waals surface area contributed by atoms with Crippen molar-refractivity contribution in [3.05, 3.63) is 23.8 Å². The fraction of sp³-hybridized carbons (Fsp3) is 0.632. The molecule has 1 aliphatic rings. The number of carbonyl (C=O) groups is 1. The first kappa shape index (κ1) is 18.6. The number of benzene rings is 1. The van der Waals surface area contributed by atoms with Crippen LogP contribution in [0, 0.1) is 5.92 Å². The minimum absolute atomic E-state index is 0.273. The fourth-order valence-corrected chi connectivity index (χ4v) is 3.16. The maximum absolute atomic E-state index is 12.4. The molecular weight excluding hydrogens is 304 g/mol. The SMILES string of the molecule is CCOc1cc(C(=O)OCC(C(C)C)N2CCCCC2)ccc1N. The molecule has 0 amide bonds. The van der Waals surface area contributed by atoms with Gasteiger partial charge in [0.1, 0.15) is 12.4 Å². The van der Waals surface area contributed by atoms with Crippen LogP contribution in [0.1, 0.15) is 50.4 Å². The third-order valence-electron chi connectivity index (χ3n) is 4.56. The smallest absolute Gasteiger partial charge is 0.338 e. The first-order valence-electron chi connectivity index (χ1n) is 8.96. The maximum atomic E-state index is 12.4. The second-order valence-electron chi connectivity index (χ2n) is 6.69. The van der Waals surface area contributed by atoms with E-state index in [1.54, 1.807) is 18.2 Å². The van der Waals surface area contributed by atoms with E-state index in [0.29, 0.717) is 36.1 Å². The normalized spacial score (nSPS) is 16.8. The van der Waals surface area contributed by atoms with Crippen LogP contribution in [-0.4, -0.2) is 43.2 Å². The van der Waals surface area contributed by atoms with Gasteiger partial charge in [0.15, 0.2) is 0 Å². The minimum atomic E-state index is -0.321. The number of hydrogen-bond acceptors (Lipinski definition) is 5. The monoisotopic (exact) mass is 334 g/mol. The van der Waals surface area contributed by atoms with E-state index in [0.717, 1.165) is 13.1 Å². The molecule has 24 heavy (non-hydrogen) atoms. The van der Waals surface area contributed by atoms with Crippen molar-refractivity contribution in [1.82, 2.24) is 4.90 Å². The number of likely N-dealkylation sites (tertiary alicyclic amines) is 1. The third kappa shape index (κ3) is 4.87. The molecule has 2 rings (SSSR count). The molecule has 1 unspecified atom stereocenters. The zero-order valence-electron chi connectivity index (χ0n) is 15.1. The summed E-state index contributed by atoms with van der Waals surface area (Å²) in [5.74, 6) is 0.656. The van der Waals surface area contributed by atoms with Crippen LogP contribution < -0.4 is 10.5 Å². The van der Waals surface area contributed by atoms with Crippen LogP contribution >= 0.6 is 0 Å². The van der Waals surface area contributed by atoms with Crippen molar-refractivity contribution in [2.75, 3.05) is 32.0 Å². The van der Waals surface area contributed by atoms with E-state index in [9.17, 15) is 4.79 Å². The highest BCUT2D eigenvalue weighted by Crippen LogP contribution is 2.24. The molecule has 5 heteroatoms. The van der Waals surface area contributed by atoms with Gasteiger partial charge < -0.3 is 15.2 Å². The van der Waals surface area contributed by atoms with Gasteiger partial charge in [0.05, 0.1) is 17.9 Å². The standard InChI is InChI=1S/C19H30N2O3/c1-4-23-18-12-15(8-9-16(18)20)19(22)24-13-17(14(2)3)21-10-6-5-7-11-21/h8-9,12,14,17H,4-7,10-11,13,20H2,1-3H3. The Morgan fingerprint density at radius 1 is 1.25 bits per heavy atom. The molecule has 1 aromatic carbocycles. The number of ether oxygens (including phenoxy) is 2. The molecule has 0 aliphatic carbocycles. The van der Waals surface area contributed by atoms with E-state index in [-0.39, 0.29) is 12.0 Å². The Hall–Kier alpha value is -1.75. The molecule has 0 spiro atoms. The molecule has 2 N–H and O–H groups in total. The number of nitrogens with two attached hydrogens (primary N) is 1. The largest absolute Gasteiger partial charge is 0.492 e. The van der Waals surface area contributed by atoms with Crippen molar-refractivity contribution < 1.29 is 14.3 Å². The summed E-state index contributed by atoms with van der Waals surface area (Å²) < 4.78 is 11.0. The summed E-state index contributed by atoms with van der Waals surface area (Å²) in [6.07, 6.45) is 3.76. The number of piperidine rings is 1. The highest BCUT2D eigenvalue weighted by atomic mass is 16.5. The fourth-order valence-electron chi connectivity index (χ4n) is 3.16. The van der Waals surface area contributed by atoms with Gasteiger partial charge in [0.25, 0.3) is 0 Å². The number of nitrogen functional groups attached to an aromatic ring is 1. The molecule has 0 aromatic heterocycles. The minimum Gasteiger partial charge on any atom is -0.492 e. The summed E-state index contributed by atoms with van der Waals surface area (Å²) in [6.45, 7) is 9.37. The van der Waals surface area contributed by atoms with Gasteiger partial charge in [-0.15, -0.1) is 0 Å². The van der Waals surface area contributed by atoms with Crippen molar-refractivity contribution in [3.63, 3.8) is 0 Å². The number of carbonyl (C=O) groups excluding carboxylic acids is 1. The Morgan fingerprint density at radius 3 is 2.58 bits per heavy atom. The Balaban J connectivity index is 1.98. The Labute approximate surface area is 145 Å². The number of esters is 1. The van der Waals surface area contributed by atoms with Gasteiger partial charge in [-0.25, -0.2) is 4.79 Å². The maximum Gasteiger partial charge on any atom is 0.338 e. The van der Waals surface area contributed by atoms with Crippen LogP contribution in [0.2, 0.25) is 0 Å². The van der Waals surface area contributed by atoms with Gasteiger partial charge in [0, 0.05) is 6.04 Å². The molecule has 1 aliphatic heterocycles. The lowest BCUT2D eigenvalue weighted by atomic mass is 10.00. The van der Waals surface area contributed by atoms with Crippen LogP contribution in [0.4, 0.5) is 5.69 Å². The highest BCUT2D eigenvalue weighted by molar-refractivity contribution is 5.90. The van der Waals surface area contributed by atoms with E-state index in [4.69, 9.17) is 15.2 Å². The van der Waals surface area contributed by atoms with Crippen LogP contribution in [-0.2, 0) is 4.74 Å². The lowest BCUT2D eigenvalue weighted by Crippen LogP contribution is -2.45. The Morgan fingerprint density at radius 2 is 1.96 bits per heavy atom. The number of nitrogens with zero attached hydrogens (tertiary/aromatic N) is 1. The first-order valence-corrected chi connectivity index (χ1v) is 8.96. The summed E-state index contributed by atoms with van der Waals surface area (Å²) in [5, 5.41) is 0. The molecule has 1 heterocycles. The lowest BCUT2D eigenvalue weighted by Gasteiger charge is -2.36. The lowest BCUT2D eigenvalue weighted by molar-refractivity contribution is 0.0233. The zero-order valence-corrected chi connectivity index (χ0v) is 15.1. The Kier molecular flexibility index (Phi) is 6.91. The predicted molar refractivity (Wildman–Crippen MR) is 96.4 cm³/mol. The summed E-state index contributed by atoms with van der Waals surface area (Å²) in [5.41, 5.74) is 6.86. The molecule has 5 nitrogen and oxygen atoms in total. The van der Waals surface area contributed by atoms with Gasteiger partial charge in [-0.1, -0.05) is 20.3 Å². The first-order chi connectivity index (χ1) is 11.5. The molecule has 0 bridgehead atoms. The van der Waals surface area contributed by atoms with Crippen LogP contribution in [0.3, 0.4) is 0 Å². The molecule has 1 fully saturated rings. The molecule has 0 radical (unpaired) electrons. The van der Waals surface area contributed by atoms with E-state index >= 15 is 0 Å². The molecule has 1 atom stereocenters. The third-order valence-corrected chi connectivity index (χ3v) is 4.56. The second kappa shape index (κ2) is 8.92. The van der Waals surface area contributed by atoms with Gasteiger partial charge in [-0.05, 0) is 57.0 Å². The van der Waals surface area contributed by atoms with E-state index in [1.165, 1.54) is 19.3 Å².